The molecule has 1 amide bonds. The van der Waals surface area contributed by atoms with Crippen molar-refractivity contribution < 1.29 is 13.9 Å². The summed E-state index contributed by atoms with van der Waals surface area (Å²) in [5.74, 6) is 0.151. The maximum absolute atomic E-state index is 12.9. The first-order valence-electron chi connectivity index (χ1n) is 8.95. The van der Waals surface area contributed by atoms with Crippen molar-refractivity contribution in [3.8, 4) is 5.75 Å². The average molecular weight is 357 g/mol. The topological polar surface area (TPSA) is 45.7 Å². The third-order valence-electron chi connectivity index (χ3n) is 4.57. The predicted molar refractivity (Wildman–Crippen MR) is 97.5 cm³/mol. The third kappa shape index (κ3) is 5.02. The van der Waals surface area contributed by atoms with Gasteiger partial charge in [0.05, 0.1) is 0 Å². The molecule has 1 aliphatic heterocycles. The number of halogens is 1. The number of nitrogens with zero attached hydrogens (tertiary/aromatic N) is 3. The zero-order chi connectivity index (χ0) is 18.4. The molecular formula is C20H24FN3O2. The van der Waals surface area contributed by atoms with E-state index in [-0.39, 0.29) is 11.7 Å². The minimum Gasteiger partial charge on any atom is -0.481 e. The lowest BCUT2D eigenvalue weighted by molar-refractivity contribution is -0.139. The van der Waals surface area contributed by atoms with Gasteiger partial charge in [-0.15, -0.1) is 0 Å². The minimum atomic E-state index is -0.583. The molecule has 2 heterocycles. The Morgan fingerprint density at radius 1 is 1.15 bits per heavy atom. The first-order valence-corrected chi connectivity index (χ1v) is 8.95. The van der Waals surface area contributed by atoms with Crippen LogP contribution >= 0.6 is 0 Å². The van der Waals surface area contributed by atoms with Crippen LogP contribution < -0.4 is 4.74 Å². The van der Waals surface area contributed by atoms with E-state index in [0.717, 1.165) is 31.7 Å². The van der Waals surface area contributed by atoms with Gasteiger partial charge in [-0.3, -0.25) is 14.7 Å². The van der Waals surface area contributed by atoms with Gasteiger partial charge >= 0.3 is 0 Å². The van der Waals surface area contributed by atoms with Gasteiger partial charge in [-0.05, 0) is 43.3 Å². The standard InChI is InChI=1S/C20H24FN3O2/c1-16(26-19-7-5-17(21)6-8-19)20(25)24-14-12-23(13-15-24)11-9-18-4-2-3-10-22-18/h2-8,10,16H,9,11-15H2,1H3. The molecule has 5 nitrogen and oxygen atoms in total. The maximum atomic E-state index is 12.9. The Morgan fingerprint density at radius 2 is 1.88 bits per heavy atom. The van der Waals surface area contributed by atoms with Gasteiger partial charge in [0.15, 0.2) is 6.10 Å². The van der Waals surface area contributed by atoms with Gasteiger partial charge in [-0.1, -0.05) is 6.07 Å². The van der Waals surface area contributed by atoms with Gasteiger partial charge in [0, 0.05) is 51.0 Å². The molecule has 1 aromatic heterocycles. The lowest BCUT2D eigenvalue weighted by atomic mass is 10.2. The molecule has 1 fully saturated rings. The number of rotatable bonds is 6. The van der Waals surface area contributed by atoms with Crippen LogP contribution in [0.2, 0.25) is 0 Å². The number of carbonyl (C=O) groups excluding carboxylic acids is 1. The van der Waals surface area contributed by atoms with Crippen molar-refractivity contribution in [2.45, 2.75) is 19.4 Å². The maximum Gasteiger partial charge on any atom is 0.263 e. The summed E-state index contributed by atoms with van der Waals surface area (Å²) in [6.07, 6.45) is 2.15. The summed E-state index contributed by atoms with van der Waals surface area (Å²) in [5, 5.41) is 0. The molecule has 0 N–H and O–H groups in total. The largest absolute Gasteiger partial charge is 0.481 e. The first kappa shape index (κ1) is 18.3. The zero-order valence-electron chi connectivity index (χ0n) is 15.0. The molecule has 1 atom stereocenters. The van der Waals surface area contributed by atoms with Gasteiger partial charge in [-0.25, -0.2) is 4.39 Å². The van der Waals surface area contributed by atoms with Gasteiger partial charge in [-0.2, -0.15) is 0 Å². The molecule has 1 unspecified atom stereocenters. The molecule has 2 aromatic rings. The van der Waals surface area contributed by atoms with E-state index in [1.165, 1.54) is 24.3 Å². The number of pyridine rings is 1. The summed E-state index contributed by atoms with van der Waals surface area (Å²) >= 11 is 0. The van der Waals surface area contributed by atoms with E-state index in [9.17, 15) is 9.18 Å². The molecule has 1 aliphatic rings. The van der Waals surface area contributed by atoms with Crippen LogP contribution in [0, 0.1) is 5.82 Å². The Morgan fingerprint density at radius 3 is 2.54 bits per heavy atom. The minimum absolute atomic E-state index is 0.0290. The molecular weight excluding hydrogens is 333 g/mol. The second-order valence-electron chi connectivity index (χ2n) is 6.45. The van der Waals surface area contributed by atoms with Crippen molar-refractivity contribution in [3.05, 3.63) is 60.2 Å². The SMILES string of the molecule is CC(Oc1ccc(F)cc1)C(=O)N1CCN(CCc2ccccn2)CC1. The molecule has 0 aliphatic carbocycles. The Hall–Kier alpha value is -2.47. The van der Waals surface area contributed by atoms with Gasteiger partial charge < -0.3 is 9.64 Å². The van der Waals surface area contributed by atoms with Crippen molar-refractivity contribution in [1.82, 2.24) is 14.8 Å². The Bertz CT molecular complexity index is 701. The monoisotopic (exact) mass is 357 g/mol. The number of hydrogen-bond donors (Lipinski definition) is 0. The quantitative estimate of drug-likeness (QED) is 0.796. The molecule has 1 saturated heterocycles. The Kier molecular flexibility index (Phi) is 6.17. The summed E-state index contributed by atoms with van der Waals surface area (Å²) < 4.78 is 18.6. The molecule has 0 bridgehead atoms. The number of amides is 1. The highest BCUT2D eigenvalue weighted by Crippen LogP contribution is 2.15. The molecule has 0 saturated carbocycles. The fraction of sp³-hybridized carbons (Fsp3) is 0.400. The van der Waals surface area contributed by atoms with E-state index in [4.69, 9.17) is 4.74 Å². The van der Waals surface area contributed by atoms with E-state index >= 15 is 0 Å². The normalized spacial score (nSPS) is 16.3. The third-order valence-corrected chi connectivity index (χ3v) is 4.57. The average Bonchev–Trinajstić information content (AvgIpc) is 2.69. The van der Waals surface area contributed by atoms with E-state index in [0.29, 0.717) is 18.8 Å². The molecule has 3 rings (SSSR count). The van der Waals surface area contributed by atoms with Crippen LogP contribution in [0.3, 0.4) is 0 Å². The first-order chi connectivity index (χ1) is 12.6. The van der Waals surface area contributed by atoms with Crippen molar-refractivity contribution in [2.24, 2.45) is 0 Å². The smallest absolute Gasteiger partial charge is 0.263 e. The van der Waals surface area contributed by atoms with Crippen molar-refractivity contribution >= 4 is 5.91 Å². The highest BCUT2D eigenvalue weighted by atomic mass is 19.1. The van der Waals surface area contributed by atoms with E-state index in [1.807, 2.05) is 29.3 Å². The van der Waals surface area contributed by atoms with E-state index in [2.05, 4.69) is 9.88 Å². The number of aromatic nitrogens is 1. The highest BCUT2D eigenvalue weighted by molar-refractivity contribution is 5.81. The summed E-state index contributed by atoms with van der Waals surface area (Å²) in [6, 6.07) is 11.7. The summed E-state index contributed by atoms with van der Waals surface area (Å²) in [6.45, 7) is 5.76. The van der Waals surface area contributed by atoms with Crippen molar-refractivity contribution in [2.75, 3.05) is 32.7 Å². The van der Waals surface area contributed by atoms with Crippen LogP contribution in [0.4, 0.5) is 4.39 Å². The fourth-order valence-electron chi connectivity index (χ4n) is 3.04. The fourth-order valence-corrected chi connectivity index (χ4v) is 3.04. The van der Waals surface area contributed by atoms with Gasteiger partial charge in [0.2, 0.25) is 0 Å². The van der Waals surface area contributed by atoms with E-state index < -0.39 is 6.10 Å². The van der Waals surface area contributed by atoms with Crippen molar-refractivity contribution in [3.63, 3.8) is 0 Å². The molecule has 1 aromatic carbocycles. The summed E-state index contributed by atoms with van der Waals surface area (Å²) in [7, 11) is 0. The molecule has 0 radical (unpaired) electrons. The zero-order valence-corrected chi connectivity index (χ0v) is 15.0. The Balaban J connectivity index is 1.43. The number of ether oxygens (including phenoxy) is 1. The van der Waals surface area contributed by atoms with Crippen LogP contribution in [0.15, 0.2) is 48.7 Å². The predicted octanol–water partition coefficient (Wildman–Crippen LogP) is 2.37. The van der Waals surface area contributed by atoms with Crippen LogP contribution in [-0.4, -0.2) is 59.5 Å². The van der Waals surface area contributed by atoms with Crippen LogP contribution in [0.5, 0.6) is 5.75 Å². The van der Waals surface area contributed by atoms with Crippen LogP contribution in [0.1, 0.15) is 12.6 Å². The summed E-state index contributed by atoms with van der Waals surface area (Å²) in [4.78, 5) is 21.1. The highest BCUT2D eigenvalue weighted by Gasteiger charge is 2.25. The second-order valence-corrected chi connectivity index (χ2v) is 6.45. The van der Waals surface area contributed by atoms with Crippen molar-refractivity contribution in [1.29, 1.82) is 0 Å². The molecule has 26 heavy (non-hydrogen) atoms. The second kappa shape index (κ2) is 8.76. The van der Waals surface area contributed by atoms with E-state index in [1.54, 1.807) is 6.92 Å². The summed E-state index contributed by atoms with van der Waals surface area (Å²) in [5.41, 5.74) is 1.09. The van der Waals surface area contributed by atoms with Gasteiger partial charge in [0.25, 0.3) is 5.91 Å². The number of piperazine rings is 1. The number of benzene rings is 1. The number of carbonyl (C=O) groups is 1. The molecule has 138 valence electrons. The molecule has 6 heteroatoms. The lowest BCUT2D eigenvalue weighted by Crippen LogP contribution is -2.52. The van der Waals surface area contributed by atoms with Gasteiger partial charge in [0.1, 0.15) is 11.6 Å². The lowest BCUT2D eigenvalue weighted by Gasteiger charge is -2.35. The van der Waals surface area contributed by atoms with Crippen LogP contribution in [-0.2, 0) is 11.2 Å². The van der Waals surface area contributed by atoms with Crippen LogP contribution in [0.25, 0.3) is 0 Å². The molecule has 0 spiro atoms. The number of hydrogen-bond acceptors (Lipinski definition) is 4. The Labute approximate surface area is 153 Å².